The molecule has 146 valence electrons. The maximum absolute atomic E-state index is 12.9. The number of anilines is 1. The Morgan fingerprint density at radius 2 is 1.89 bits per heavy atom. The summed E-state index contributed by atoms with van der Waals surface area (Å²) in [5.74, 6) is -0.266. The van der Waals surface area contributed by atoms with Crippen molar-refractivity contribution in [2.45, 2.75) is 26.2 Å². The van der Waals surface area contributed by atoms with Gasteiger partial charge in [-0.05, 0) is 44.0 Å². The Kier molecular flexibility index (Phi) is 5.98. The zero-order chi connectivity index (χ0) is 19.4. The minimum absolute atomic E-state index is 0.0478. The number of esters is 1. The molecular weight excluding hydrogens is 348 g/mol. The van der Waals surface area contributed by atoms with Crippen LogP contribution in [0.25, 0.3) is 0 Å². The third-order valence-corrected chi connectivity index (χ3v) is 5.21. The molecule has 2 heterocycles. The standard InChI is InChI=1S/C20H26N2O5/c1-3-27-20(25)14-5-4-10-21(12-14)19(24)15-11-18(23)22(13-15)16-6-8-17(26-2)9-7-16/h6-9,14-15H,3-5,10-13H2,1-2H3/t14-,15-/m1/s1. The Bertz CT molecular complexity index is 703. The molecule has 2 aliphatic rings. The molecule has 2 amide bonds. The third kappa shape index (κ3) is 4.23. The fourth-order valence-corrected chi connectivity index (χ4v) is 3.77. The number of carbonyl (C=O) groups is 3. The van der Waals surface area contributed by atoms with Crippen molar-refractivity contribution in [1.82, 2.24) is 4.90 Å². The second-order valence-corrected chi connectivity index (χ2v) is 6.98. The Morgan fingerprint density at radius 3 is 2.56 bits per heavy atom. The van der Waals surface area contributed by atoms with E-state index in [4.69, 9.17) is 9.47 Å². The Morgan fingerprint density at radius 1 is 1.15 bits per heavy atom. The number of hydrogen-bond acceptors (Lipinski definition) is 5. The number of rotatable bonds is 5. The molecule has 2 fully saturated rings. The molecule has 2 aliphatic heterocycles. The lowest BCUT2D eigenvalue weighted by Crippen LogP contribution is -2.45. The summed E-state index contributed by atoms with van der Waals surface area (Å²) in [7, 11) is 1.59. The van der Waals surface area contributed by atoms with E-state index in [-0.39, 0.29) is 36.0 Å². The molecule has 0 aliphatic carbocycles. The van der Waals surface area contributed by atoms with Crippen molar-refractivity contribution in [2.75, 3.05) is 38.3 Å². The normalized spacial score (nSPS) is 22.7. The van der Waals surface area contributed by atoms with Gasteiger partial charge in [-0.15, -0.1) is 0 Å². The fraction of sp³-hybridized carbons (Fsp3) is 0.550. The van der Waals surface area contributed by atoms with Crippen molar-refractivity contribution in [3.05, 3.63) is 24.3 Å². The van der Waals surface area contributed by atoms with Crippen LogP contribution in [0.5, 0.6) is 5.75 Å². The molecule has 2 atom stereocenters. The fourth-order valence-electron chi connectivity index (χ4n) is 3.77. The summed E-state index contributed by atoms with van der Waals surface area (Å²) in [4.78, 5) is 40.7. The smallest absolute Gasteiger partial charge is 0.310 e. The molecule has 3 rings (SSSR count). The van der Waals surface area contributed by atoms with E-state index in [1.165, 1.54) is 0 Å². The first-order chi connectivity index (χ1) is 13.0. The summed E-state index contributed by atoms with van der Waals surface area (Å²) in [5.41, 5.74) is 0.763. The molecule has 0 unspecified atom stereocenters. The van der Waals surface area contributed by atoms with Crippen LogP contribution in [0.4, 0.5) is 5.69 Å². The van der Waals surface area contributed by atoms with E-state index < -0.39 is 0 Å². The number of nitrogens with zero attached hydrogens (tertiary/aromatic N) is 2. The molecule has 7 heteroatoms. The van der Waals surface area contributed by atoms with Crippen molar-refractivity contribution >= 4 is 23.5 Å². The molecule has 0 radical (unpaired) electrons. The number of carbonyl (C=O) groups excluding carboxylic acids is 3. The zero-order valence-electron chi connectivity index (χ0n) is 15.8. The Labute approximate surface area is 159 Å². The maximum atomic E-state index is 12.9. The van der Waals surface area contributed by atoms with Gasteiger partial charge in [0.15, 0.2) is 0 Å². The van der Waals surface area contributed by atoms with Gasteiger partial charge < -0.3 is 19.3 Å². The molecule has 1 aromatic carbocycles. The predicted molar refractivity (Wildman–Crippen MR) is 99.4 cm³/mol. The van der Waals surface area contributed by atoms with Crippen molar-refractivity contribution in [2.24, 2.45) is 11.8 Å². The van der Waals surface area contributed by atoms with Crippen LogP contribution < -0.4 is 9.64 Å². The van der Waals surface area contributed by atoms with E-state index in [9.17, 15) is 14.4 Å². The van der Waals surface area contributed by atoms with Gasteiger partial charge in [-0.2, -0.15) is 0 Å². The van der Waals surface area contributed by atoms with Gasteiger partial charge >= 0.3 is 5.97 Å². The van der Waals surface area contributed by atoms with Crippen molar-refractivity contribution < 1.29 is 23.9 Å². The first kappa shape index (κ1) is 19.2. The molecule has 1 aromatic rings. The van der Waals surface area contributed by atoms with Crippen molar-refractivity contribution in [3.63, 3.8) is 0 Å². The number of amides is 2. The molecule has 0 N–H and O–H groups in total. The van der Waals surface area contributed by atoms with Crippen LogP contribution in [0.1, 0.15) is 26.2 Å². The minimum atomic E-state index is -0.374. The van der Waals surface area contributed by atoms with Crippen LogP contribution in [-0.2, 0) is 19.1 Å². The average molecular weight is 374 g/mol. The first-order valence-corrected chi connectivity index (χ1v) is 9.43. The van der Waals surface area contributed by atoms with E-state index in [1.807, 2.05) is 12.1 Å². The second kappa shape index (κ2) is 8.41. The van der Waals surface area contributed by atoms with Gasteiger partial charge in [0.2, 0.25) is 11.8 Å². The Balaban J connectivity index is 1.63. The highest BCUT2D eigenvalue weighted by Gasteiger charge is 2.39. The van der Waals surface area contributed by atoms with Crippen LogP contribution in [0.3, 0.4) is 0 Å². The van der Waals surface area contributed by atoms with Gasteiger partial charge in [-0.3, -0.25) is 14.4 Å². The maximum Gasteiger partial charge on any atom is 0.310 e. The number of likely N-dealkylation sites (tertiary alicyclic amines) is 1. The summed E-state index contributed by atoms with van der Waals surface area (Å²) >= 11 is 0. The third-order valence-electron chi connectivity index (χ3n) is 5.21. The molecule has 27 heavy (non-hydrogen) atoms. The topological polar surface area (TPSA) is 76.2 Å². The average Bonchev–Trinajstić information content (AvgIpc) is 3.09. The minimum Gasteiger partial charge on any atom is -0.497 e. The molecule has 2 saturated heterocycles. The van der Waals surface area contributed by atoms with Crippen molar-refractivity contribution in [3.8, 4) is 5.75 Å². The molecule has 0 aromatic heterocycles. The number of ether oxygens (including phenoxy) is 2. The molecule has 0 saturated carbocycles. The predicted octanol–water partition coefficient (Wildman–Crippen LogP) is 1.85. The molecule has 7 nitrogen and oxygen atoms in total. The summed E-state index contributed by atoms with van der Waals surface area (Å²) in [6, 6.07) is 7.24. The van der Waals surface area contributed by atoms with Gasteiger partial charge in [0, 0.05) is 31.7 Å². The zero-order valence-corrected chi connectivity index (χ0v) is 15.8. The highest BCUT2D eigenvalue weighted by atomic mass is 16.5. The van der Waals surface area contributed by atoms with Gasteiger partial charge in [-0.1, -0.05) is 0 Å². The molecule has 0 bridgehead atoms. The quantitative estimate of drug-likeness (QED) is 0.735. The lowest BCUT2D eigenvalue weighted by Gasteiger charge is -2.33. The lowest BCUT2D eigenvalue weighted by atomic mass is 9.96. The van der Waals surface area contributed by atoms with Gasteiger partial charge in [0.05, 0.1) is 25.6 Å². The molecular formula is C20H26N2O5. The number of methoxy groups -OCH3 is 1. The Hall–Kier alpha value is -2.57. The van der Waals surface area contributed by atoms with E-state index in [1.54, 1.807) is 36.0 Å². The molecule has 0 spiro atoms. The SMILES string of the molecule is CCOC(=O)[C@@H]1CCCN(C(=O)[C@@H]2CC(=O)N(c3ccc(OC)cc3)C2)C1. The number of hydrogen-bond donors (Lipinski definition) is 0. The summed E-state index contributed by atoms with van der Waals surface area (Å²) in [5, 5.41) is 0. The van der Waals surface area contributed by atoms with Crippen LogP contribution in [0, 0.1) is 11.8 Å². The van der Waals surface area contributed by atoms with Gasteiger partial charge in [0.25, 0.3) is 0 Å². The van der Waals surface area contributed by atoms with Crippen LogP contribution >= 0.6 is 0 Å². The van der Waals surface area contributed by atoms with E-state index in [2.05, 4.69) is 0 Å². The lowest BCUT2D eigenvalue weighted by molar-refractivity contribution is -0.152. The van der Waals surface area contributed by atoms with E-state index >= 15 is 0 Å². The monoisotopic (exact) mass is 374 g/mol. The highest BCUT2D eigenvalue weighted by molar-refractivity contribution is 6.00. The second-order valence-electron chi connectivity index (χ2n) is 6.98. The highest BCUT2D eigenvalue weighted by Crippen LogP contribution is 2.29. The first-order valence-electron chi connectivity index (χ1n) is 9.43. The summed E-state index contributed by atoms with van der Waals surface area (Å²) in [6.45, 7) is 3.50. The number of benzene rings is 1. The summed E-state index contributed by atoms with van der Waals surface area (Å²) < 4.78 is 10.2. The van der Waals surface area contributed by atoms with E-state index in [0.29, 0.717) is 26.2 Å². The van der Waals surface area contributed by atoms with Crippen LogP contribution in [0.2, 0.25) is 0 Å². The van der Waals surface area contributed by atoms with E-state index in [0.717, 1.165) is 24.3 Å². The van der Waals surface area contributed by atoms with Gasteiger partial charge in [0.1, 0.15) is 5.75 Å². The van der Waals surface area contributed by atoms with Gasteiger partial charge in [-0.25, -0.2) is 0 Å². The van der Waals surface area contributed by atoms with Crippen LogP contribution in [-0.4, -0.2) is 56.0 Å². The van der Waals surface area contributed by atoms with Crippen molar-refractivity contribution in [1.29, 1.82) is 0 Å². The number of piperidine rings is 1. The largest absolute Gasteiger partial charge is 0.497 e. The summed E-state index contributed by atoms with van der Waals surface area (Å²) in [6.07, 6.45) is 1.72. The van der Waals surface area contributed by atoms with Crippen LogP contribution in [0.15, 0.2) is 24.3 Å².